The molecule has 0 fully saturated rings. The number of rotatable bonds is 0. The SMILES string of the molecule is Cc1nc2cc3c(cc2n1C)NCCC3. The average Bonchev–Trinajstić information content (AvgIpc) is 2.52. The lowest BCUT2D eigenvalue weighted by Crippen LogP contribution is -2.11. The van der Waals surface area contributed by atoms with Crippen LogP contribution in [-0.2, 0) is 13.5 Å². The summed E-state index contributed by atoms with van der Waals surface area (Å²) in [5.41, 5.74) is 5.04. The quantitative estimate of drug-likeness (QED) is 0.708. The number of nitrogens with one attached hydrogen (secondary N) is 1. The van der Waals surface area contributed by atoms with E-state index in [1.165, 1.54) is 29.6 Å². The molecule has 1 aromatic heterocycles. The number of aromatic nitrogens is 2. The third kappa shape index (κ3) is 1.23. The van der Waals surface area contributed by atoms with Gasteiger partial charge < -0.3 is 9.88 Å². The van der Waals surface area contributed by atoms with E-state index in [1.54, 1.807) is 0 Å². The second-order valence-corrected chi connectivity index (χ2v) is 4.25. The van der Waals surface area contributed by atoms with Crippen LogP contribution < -0.4 is 5.32 Å². The van der Waals surface area contributed by atoms with Gasteiger partial charge in [0.25, 0.3) is 0 Å². The fraction of sp³-hybridized carbons (Fsp3) is 0.417. The molecule has 1 aromatic carbocycles. The third-order valence-electron chi connectivity index (χ3n) is 3.27. The highest BCUT2D eigenvalue weighted by molar-refractivity contribution is 5.82. The molecule has 1 aliphatic heterocycles. The van der Waals surface area contributed by atoms with Crippen LogP contribution in [0.5, 0.6) is 0 Å². The van der Waals surface area contributed by atoms with Gasteiger partial charge in [0.05, 0.1) is 11.0 Å². The lowest BCUT2D eigenvalue weighted by Gasteiger charge is -2.17. The molecule has 0 bridgehead atoms. The smallest absolute Gasteiger partial charge is 0.106 e. The number of benzene rings is 1. The van der Waals surface area contributed by atoms with Crippen molar-refractivity contribution in [1.29, 1.82) is 0 Å². The number of imidazole rings is 1. The first-order valence-corrected chi connectivity index (χ1v) is 5.45. The Kier molecular flexibility index (Phi) is 1.75. The van der Waals surface area contributed by atoms with E-state index in [1.807, 2.05) is 6.92 Å². The zero-order valence-corrected chi connectivity index (χ0v) is 9.17. The van der Waals surface area contributed by atoms with Crippen molar-refractivity contribution in [3.05, 3.63) is 23.5 Å². The van der Waals surface area contributed by atoms with E-state index < -0.39 is 0 Å². The summed E-state index contributed by atoms with van der Waals surface area (Å²) >= 11 is 0. The molecule has 3 heteroatoms. The molecule has 3 nitrogen and oxygen atoms in total. The molecule has 0 aliphatic carbocycles. The Labute approximate surface area is 89.1 Å². The van der Waals surface area contributed by atoms with Crippen LogP contribution in [0.1, 0.15) is 17.8 Å². The highest BCUT2D eigenvalue weighted by atomic mass is 15.1. The van der Waals surface area contributed by atoms with Gasteiger partial charge in [0.2, 0.25) is 0 Å². The molecule has 3 rings (SSSR count). The van der Waals surface area contributed by atoms with Crippen LogP contribution in [0.4, 0.5) is 5.69 Å². The number of fused-ring (bicyclic) bond motifs is 2. The van der Waals surface area contributed by atoms with Crippen LogP contribution >= 0.6 is 0 Å². The fourth-order valence-electron chi connectivity index (χ4n) is 2.28. The van der Waals surface area contributed by atoms with Crippen molar-refractivity contribution in [2.45, 2.75) is 19.8 Å². The molecule has 1 aliphatic rings. The molecular formula is C12H15N3. The first kappa shape index (κ1) is 8.77. The van der Waals surface area contributed by atoms with Crippen molar-refractivity contribution < 1.29 is 0 Å². The van der Waals surface area contributed by atoms with Crippen molar-refractivity contribution in [2.24, 2.45) is 7.05 Å². The Hall–Kier alpha value is -1.51. The monoisotopic (exact) mass is 201 g/mol. The minimum absolute atomic E-state index is 1.08. The van der Waals surface area contributed by atoms with Crippen LogP contribution in [-0.4, -0.2) is 16.1 Å². The van der Waals surface area contributed by atoms with Gasteiger partial charge in [0.1, 0.15) is 5.82 Å². The van der Waals surface area contributed by atoms with Gasteiger partial charge in [-0.1, -0.05) is 0 Å². The van der Waals surface area contributed by atoms with E-state index in [-0.39, 0.29) is 0 Å². The van der Waals surface area contributed by atoms with Gasteiger partial charge in [0.15, 0.2) is 0 Å². The van der Waals surface area contributed by atoms with Crippen LogP contribution in [0.2, 0.25) is 0 Å². The lowest BCUT2D eigenvalue weighted by atomic mass is 10.0. The molecule has 0 unspecified atom stereocenters. The number of hydrogen-bond acceptors (Lipinski definition) is 2. The van der Waals surface area contributed by atoms with Crippen molar-refractivity contribution in [2.75, 3.05) is 11.9 Å². The van der Waals surface area contributed by atoms with Crippen molar-refractivity contribution >= 4 is 16.7 Å². The van der Waals surface area contributed by atoms with Crippen LogP contribution in [0.25, 0.3) is 11.0 Å². The molecular weight excluding hydrogens is 186 g/mol. The van der Waals surface area contributed by atoms with E-state index in [9.17, 15) is 0 Å². The largest absolute Gasteiger partial charge is 0.385 e. The lowest BCUT2D eigenvalue weighted by molar-refractivity contribution is 0.831. The number of aryl methyl sites for hydroxylation is 3. The van der Waals surface area contributed by atoms with E-state index in [0.717, 1.165) is 17.9 Å². The van der Waals surface area contributed by atoms with Crippen molar-refractivity contribution in [3.8, 4) is 0 Å². The normalized spacial score (nSPS) is 15.1. The standard InChI is InChI=1S/C12H15N3/c1-8-14-11-6-9-4-3-5-13-10(9)7-12(11)15(8)2/h6-7,13H,3-5H2,1-2H3. The molecule has 0 spiro atoms. The van der Waals surface area contributed by atoms with Gasteiger partial charge in [-0.3, -0.25) is 0 Å². The molecule has 0 amide bonds. The average molecular weight is 201 g/mol. The van der Waals surface area contributed by atoms with Gasteiger partial charge in [-0.2, -0.15) is 0 Å². The van der Waals surface area contributed by atoms with Crippen LogP contribution in [0.3, 0.4) is 0 Å². The molecule has 0 atom stereocenters. The Morgan fingerprint density at radius 2 is 2.27 bits per heavy atom. The minimum atomic E-state index is 1.08. The molecule has 78 valence electrons. The minimum Gasteiger partial charge on any atom is -0.385 e. The summed E-state index contributed by atoms with van der Waals surface area (Å²) in [5.74, 6) is 1.08. The maximum atomic E-state index is 4.56. The summed E-state index contributed by atoms with van der Waals surface area (Å²) in [6.07, 6.45) is 2.40. The maximum absolute atomic E-state index is 4.56. The Balaban J connectivity index is 2.30. The van der Waals surface area contributed by atoms with Crippen molar-refractivity contribution in [1.82, 2.24) is 9.55 Å². The zero-order valence-electron chi connectivity index (χ0n) is 9.17. The molecule has 0 saturated carbocycles. The third-order valence-corrected chi connectivity index (χ3v) is 3.27. The molecule has 2 heterocycles. The number of nitrogens with zero attached hydrogens (tertiary/aromatic N) is 2. The zero-order chi connectivity index (χ0) is 10.4. The van der Waals surface area contributed by atoms with E-state index in [4.69, 9.17) is 0 Å². The van der Waals surface area contributed by atoms with Gasteiger partial charge in [-0.25, -0.2) is 4.98 Å². The first-order chi connectivity index (χ1) is 7.25. The van der Waals surface area contributed by atoms with E-state index in [2.05, 4.69) is 34.0 Å². The molecule has 2 aromatic rings. The first-order valence-electron chi connectivity index (χ1n) is 5.45. The van der Waals surface area contributed by atoms with Gasteiger partial charge in [-0.05, 0) is 37.5 Å². The summed E-state index contributed by atoms with van der Waals surface area (Å²) in [7, 11) is 2.07. The van der Waals surface area contributed by atoms with Gasteiger partial charge in [0, 0.05) is 19.3 Å². The Bertz CT molecular complexity index is 525. The summed E-state index contributed by atoms with van der Waals surface area (Å²) in [4.78, 5) is 4.56. The number of hydrogen-bond donors (Lipinski definition) is 1. The molecule has 0 saturated heterocycles. The van der Waals surface area contributed by atoms with Gasteiger partial charge in [-0.15, -0.1) is 0 Å². The number of anilines is 1. The highest BCUT2D eigenvalue weighted by Gasteiger charge is 2.12. The Morgan fingerprint density at radius 1 is 1.40 bits per heavy atom. The van der Waals surface area contributed by atoms with E-state index >= 15 is 0 Å². The summed E-state index contributed by atoms with van der Waals surface area (Å²) < 4.78 is 2.14. The highest BCUT2D eigenvalue weighted by Crippen LogP contribution is 2.27. The molecule has 0 radical (unpaired) electrons. The maximum Gasteiger partial charge on any atom is 0.106 e. The second kappa shape index (κ2) is 2.99. The molecule has 1 N–H and O–H groups in total. The van der Waals surface area contributed by atoms with Crippen molar-refractivity contribution in [3.63, 3.8) is 0 Å². The summed E-state index contributed by atoms with van der Waals surface area (Å²) in [5, 5.41) is 3.45. The topological polar surface area (TPSA) is 29.9 Å². The Morgan fingerprint density at radius 3 is 3.13 bits per heavy atom. The molecule has 15 heavy (non-hydrogen) atoms. The van der Waals surface area contributed by atoms with Crippen LogP contribution in [0.15, 0.2) is 12.1 Å². The second-order valence-electron chi connectivity index (χ2n) is 4.25. The summed E-state index contributed by atoms with van der Waals surface area (Å²) in [6, 6.07) is 4.45. The fourth-order valence-corrected chi connectivity index (χ4v) is 2.28. The summed E-state index contributed by atoms with van der Waals surface area (Å²) in [6.45, 7) is 3.14. The van der Waals surface area contributed by atoms with Gasteiger partial charge >= 0.3 is 0 Å². The predicted molar refractivity (Wildman–Crippen MR) is 62.3 cm³/mol. The van der Waals surface area contributed by atoms with E-state index in [0.29, 0.717) is 0 Å². The predicted octanol–water partition coefficient (Wildman–Crippen LogP) is 2.24. The van der Waals surface area contributed by atoms with Crippen LogP contribution in [0, 0.1) is 6.92 Å².